The zero-order valence-corrected chi connectivity index (χ0v) is 17.7. The number of aliphatic hydroxyl groups is 3. The van der Waals surface area contributed by atoms with E-state index in [2.05, 4.69) is 0 Å². The van der Waals surface area contributed by atoms with Crippen LogP contribution in [0.25, 0.3) is 0 Å². The molecule has 11 heteroatoms. The molecule has 1 heterocycles. The van der Waals surface area contributed by atoms with Gasteiger partial charge in [0.15, 0.2) is 0 Å². The van der Waals surface area contributed by atoms with Crippen LogP contribution < -0.4 is 9.47 Å². The summed E-state index contributed by atoms with van der Waals surface area (Å²) in [6, 6.07) is 7.71. The molecule has 0 radical (unpaired) electrons. The first-order chi connectivity index (χ1) is 15.6. The Morgan fingerprint density at radius 1 is 1.00 bits per heavy atom. The number of carbonyl (C=O) groups is 2. The van der Waals surface area contributed by atoms with E-state index in [1.165, 1.54) is 43.5 Å². The second-order valence-electron chi connectivity index (χ2n) is 7.33. The number of rotatable bonds is 7. The van der Waals surface area contributed by atoms with Crippen molar-refractivity contribution in [3.63, 3.8) is 0 Å². The summed E-state index contributed by atoms with van der Waals surface area (Å²) in [7, 11) is 1.32. The third-order valence-electron chi connectivity index (χ3n) is 5.01. The van der Waals surface area contributed by atoms with Crippen LogP contribution in [0.1, 0.15) is 22.8 Å². The minimum Gasteiger partial charge on any atom is -0.508 e. The van der Waals surface area contributed by atoms with Crippen LogP contribution in [0.5, 0.6) is 23.0 Å². The second-order valence-corrected chi connectivity index (χ2v) is 7.33. The third-order valence-corrected chi connectivity index (χ3v) is 5.01. The van der Waals surface area contributed by atoms with Crippen molar-refractivity contribution in [3.8, 4) is 23.0 Å². The van der Waals surface area contributed by atoms with Crippen molar-refractivity contribution in [2.45, 2.75) is 37.6 Å². The van der Waals surface area contributed by atoms with Gasteiger partial charge < -0.3 is 44.5 Å². The molecule has 1 aliphatic rings. The molecule has 2 aromatic carbocycles. The van der Waals surface area contributed by atoms with Crippen LogP contribution in [0.3, 0.4) is 0 Å². The Morgan fingerprint density at radius 3 is 2.27 bits per heavy atom. The van der Waals surface area contributed by atoms with Crippen LogP contribution in [0.2, 0.25) is 0 Å². The van der Waals surface area contributed by atoms with Crippen LogP contribution >= 0.6 is 0 Å². The zero-order valence-electron chi connectivity index (χ0n) is 17.7. The fourth-order valence-electron chi connectivity index (χ4n) is 3.25. The lowest BCUT2D eigenvalue weighted by atomic mass is 9.98. The Morgan fingerprint density at radius 2 is 1.67 bits per heavy atom. The van der Waals surface area contributed by atoms with Crippen LogP contribution in [-0.2, 0) is 14.3 Å². The number of phenols is 2. The maximum atomic E-state index is 13.1. The number of benzene rings is 2. The molecule has 178 valence electrons. The van der Waals surface area contributed by atoms with Crippen molar-refractivity contribution < 1.29 is 54.1 Å². The average Bonchev–Trinajstić information content (AvgIpc) is 2.78. The van der Waals surface area contributed by atoms with Gasteiger partial charge in [-0.3, -0.25) is 9.59 Å². The molecule has 5 N–H and O–H groups in total. The van der Waals surface area contributed by atoms with E-state index in [-0.39, 0.29) is 28.4 Å². The predicted molar refractivity (Wildman–Crippen MR) is 110 cm³/mol. The highest BCUT2D eigenvalue weighted by Gasteiger charge is 2.46. The molecule has 0 bridgehead atoms. The van der Waals surface area contributed by atoms with Crippen molar-refractivity contribution in [3.05, 3.63) is 47.5 Å². The van der Waals surface area contributed by atoms with Crippen molar-refractivity contribution in [2.75, 3.05) is 13.7 Å². The maximum Gasteiger partial charge on any atom is 0.302 e. The van der Waals surface area contributed by atoms with Gasteiger partial charge in [-0.05, 0) is 24.3 Å². The topological polar surface area (TPSA) is 172 Å². The molecule has 0 aromatic heterocycles. The monoisotopic (exact) mass is 464 g/mol. The van der Waals surface area contributed by atoms with Crippen LogP contribution in [0, 0.1) is 0 Å². The van der Waals surface area contributed by atoms with E-state index in [1.54, 1.807) is 0 Å². The highest BCUT2D eigenvalue weighted by atomic mass is 16.7. The quantitative estimate of drug-likeness (QED) is 0.278. The van der Waals surface area contributed by atoms with E-state index >= 15 is 0 Å². The van der Waals surface area contributed by atoms with Crippen molar-refractivity contribution >= 4 is 11.8 Å². The van der Waals surface area contributed by atoms with Gasteiger partial charge in [-0.15, -0.1) is 0 Å². The molecule has 1 fully saturated rings. The number of ketones is 1. The Bertz CT molecular complexity index is 1000. The number of phenolic OH excluding ortho intramolecular Hbond substituents is 2. The molecule has 1 aliphatic heterocycles. The minimum absolute atomic E-state index is 0.0629. The standard InChI is InChI=1S/C22H24O11/c1-10(23)31-9-16-19(27)20(28)21(29)22(33-16)32-15-8-13(30-2)7-14(25)17(15)18(26)11-3-5-12(24)6-4-11/h3-8,16,19-22,24-25,27-29H,9H2,1-2H3. The third kappa shape index (κ3) is 5.34. The largest absolute Gasteiger partial charge is 0.508 e. The SMILES string of the molecule is COc1cc(O)c(C(=O)c2ccc(O)cc2)c(OC2OC(COC(C)=O)C(O)C(O)C2O)c1. The summed E-state index contributed by atoms with van der Waals surface area (Å²) in [6.07, 6.45) is -7.91. The Labute approximate surface area is 188 Å². The number of esters is 1. The van der Waals surface area contributed by atoms with Gasteiger partial charge in [0, 0.05) is 24.6 Å². The van der Waals surface area contributed by atoms with Crippen molar-refractivity contribution in [1.82, 2.24) is 0 Å². The number of aliphatic hydroxyl groups excluding tert-OH is 3. The van der Waals surface area contributed by atoms with Gasteiger partial charge in [0.05, 0.1) is 7.11 Å². The first-order valence-electron chi connectivity index (χ1n) is 9.86. The van der Waals surface area contributed by atoms with Gasteiger partial charge in [0.1, 0.15) is 59.6 Å². The fourth-order valence-corrected chi connectivity index (χ4v) is 3.25. The first kappa shape index (κ1) is 24.3. The van der Waals surface area contributed by atoms with E-state index in [0.717, 1.165) is 6.92 Å². The summed E-state index contributed by atoms with van der Waals surface area (Å²) < 4.78 is 21.0. The Hall–Kier alpha value is -3.38. The highest BCUT2D eigenvalue weighted by Crippen LogP contribution is 2.37. The van der Waals surface area contributed by atoms with Crippen LogP contribution in [0.4, 0.5) is 0 Å². The molecule has 1 saturated heterocycles. The van der Waals surface area contributed by atoms with E-state index in [4.69, 9.17) is 18.9 Å². The lowest BCUT2D eigenvalue weighted by Gasteiger charge is -2.40. The molecule has 3 rings (SSSR count). The lowest BCUT2D eigenvalue weighted by molar-refractivity contribution is -0.278. The number of aromatic hydroxyl groups is 2. The fraction of sp³-hybridized carbons (Fsp3) is 0.364. The molecule has 33 heavy (non-hydrogen) atoms. The van der Waals surface area contributed by atoms with Gasteiger partial charge >= 0.3 is 5.97 Å². The summed E-state index contributed by atoms with van der Waals surface area (Å²) in [5, 5.41) is 50.6. The summed E-state index contributed by atoms with van der Waals surface area (Å²) in [5.74, 6) is -2.01. The van der Waals surface area contributed by atoms with Crippen LogP contribution in [0.15, 0.2) is 36.4 Å². The van der Waals surface area contributed by atoms with Crippen molar-refractivity contribution in [2.24, 2.45) is 0 Å². The van der Waals surface area contributed by atoms with Gasteiger partial charge in [0.25, 0.3) is 0 Å². The average molecular weight is 464 g/mol. The van der Waals surface area contributed by atoms with Gasteiger partial charge in [-0.2, -0.15) is 0 Å². The highest BCUT2D eigenvalue weighted by molar-refractivity contribution is 6.12. The molecule has 0 aliphatic carbocycles. The molecular weight excluding hydrogens is 440 g/mol. The van der Waals surface area contributed by atoms with Crippen molar-refractivity contribution in [1.29, 1.82) is 0 Å². The van der Waals surface area contributed by atoms with E-state index < -0.39 is 54.8 Å². The number of methoxy groups -OCH3 is 1. The second kappa shape index (κ2) is 10.0. The Kier molecular flexibility index (Phi) is 7.39. The number of carbonyl (C=O) groups excluding carboxylic acids is 2. The summed E-state index contributed by atoms with van der Waals surface area (Å²) in [5.41, 5.74) is -0.180. The normalized spacial score (nSPS) is 24.7. The predicted octanol–water partition coefficient (Wildman–Crippen LogP) is 0.0869. The summed E-state index contributed by atoms with van der Waals surface area (Å²) in [4.78, 5) is 24.2. The molecule has 0 spiro atoms. The van der Waals surface area contributed by atoms with E-state index in [9.17, 15) is 35.1 Å². The Balaban J connectivity index is 1.95. The van der Waals surface area contributed by atoms with E-state index in [0.29, 0.717) is 0 Å². The minimum atomic E-state index is -1.75. The molecule has 2 aromatic rings. The molecule has 11 nitrogen and oxygen atoms in total. The summed E-state index contributed by atoms with van der Waals surface area (Å²) in [6.45, 7) is 0.720. The lowest BCUT2D eigenvalue weighted by Crippen LogP contribution is -2.60. The van der Waals surface area contributed by atoms with Crippen LogP contribution in [-0.4, -0.2) is 81.7 Å². The molecular formula is C22H24O11. The van der Waals surface area contributed by atoms with Gasteiger partial charge in [0.2, 0.25) is 12.1 Å². The number of hydrogen-bond donors (Lipinski definition) is 5. The maximum absolute atomic E-state index is 13.1. The molecule has 0 amide bonds. The molecule has 5 atom stereocenters. The van der Waals surface area contributed by atoms with Gasteiger partial charge in [-0.1, -0.05) is 0 Å². The van der Waals surface area contributed by atoms with E-state index in [1.807, 2.05) is 0 Å². The summed E-state index contributed by atoms with van der Waals surface area (Å²) >= 11 is 0. The molecule has 0 saturated carbocycles. The smallest absolute Gasteiger partial charge is 0.302 e. The first-order valence-corrected chi connectivity index (χ1v) is 9.86. The zero-order chi connectivity index (χ0) is 24.3. The number of hydrogen-bond acceptors (Lipinski definition) is 11. The number of ether oxygens (including phenoxy) is 4. The van der Waals surface area contributed by atoms with Gasteiger partial charge in [-0.25, -0.2) is 0 Å². The molecule has 5 unspecified atom stereocenters.